The zero-order chi connectivity index (χ0) is 20.1. The molecule has 0 aliphatic carbocycles. The largest absolute Gasteiger partial charge is 0.497 e. The van der Waals surface area contributed by atoms with Gasteiger partial charge in [0.05, 0.1) is 12.5 Å². The van der Waals surface area contributed by atoms with Crippen molar-refractivity contribution < 1.29 is 14.3 Å². The maximum Gasteiger partial charge on any atom is 0.321 e. The predicted octanol–water partition coefficient (Wildman–Crippen LogP) is 3.35. The van der Waals surface area contributed by atoms with E-state index in [2.05, 4.69) is 5.32 Å². The van der Waals surface area contributed by atoms with Gasteiger partial charge in [-0.05, 0) is 43.7 Å². The van der Waals surface area contributed by atoms with Gasteiger partial charge in [0.15, 0.2) is 0 Å². The second kappa shape index (κ2) is 8.33. The number of anilines is 1. The third kappa shape index (κ3) is 4.27. The fourth-order valence-corrected chi connectivity index (χ4v) is 3.36. The van der Waals surface area contributed by atoms with E-state index in [-0.39, 0.29) is 11.9 Å². The number of nitrogens with zero attached hydrogens (tertiary/aromatic N) is 2. The Labute approximate surface area is 166 Å². The summed E-state index contributed by atoms with van der Waals surface area (Å²) in [4.78, 5) is 29.1. The monoisotopic (exact) mass is 381 g/mol. The lowest BCUT2D eigenvalue weighted by Gasteiger charge is -2.38. The molecule has 3 rings (SSSR count). The van der Waals surface area contributed by atoms with E-state index in [0.717, 1.165) is 17.0 Å². The molecule has 2 aromatic rings. The normalized spacial score (nSPS) is 14.5. The first kappa shape index (κ1) is 19.7. The third-order valence-electron chi connectivity index (χ3n) is 5.23. The van der Waals surface area contributed by atoms with Crippen LogP contribution in [0.2, 0.25) is 0 Å². The summed E-state index contributed by atoms with van der Waals surface area (Å²) in [5, 5.41) is 2.89. The van der Waals surface area contributed by atoms with Crippen molar-refractivity contribution in [1.29, 1.82) is 0 Å². The van der Waals surface area contributed by atoms with E-state index in [1.165, 1.54) is 0 Å². The highest BCUT2D eigenvalue weighted by molar-refractivity contribution is 5.90. The summed E-state index contributed by atoms with van der Waals surface area (Å²) in [6.45, 7) is 5.99. The second-order valence-corrected chi connectivity index (χ2v) is 7.43. The number of hydrogen-bond acceptors (Lipinski definition) is 3. The predicted molar refractivity (Wildman–Crippen MR) is 110 cm³/mol. The smallest absolute Gasteiger partial charge is 0.321 e. The molecule has 1 heterocycles. The molecule has 0 spiro atoms. The summed E-state index contributed by atoms with van der Waals surface area (Å²) in [5.41, 5.74) is 1.13. The van der Waals surface area contributed by atoms with Crippen molar-refractivity contribution in [1.82, 2.24) is 9.80 Å². The summed E-state index contributed by atoms with van der Waals surface area (Å²) >= 11 is 0. The number of carbonyl (C=O) groups excluding carboxylic acids is 2. The number of hydrogen-bond donors (Lipinski definition) is 1. The molecule has 0 atom stereocenters. The molecule has 0 saturated carbocycles. The molecule has 0 aromatic heterocycles. The number of methoxy groups -OCH3 is 1. The molecule has 1 aliphatic rings. The zero-order valence-electron chi connectivity index (χ0n) is 16.6. The van der Waals surface area contributed by atoms with Crippen molar-refractivity contribution in [2.75, 3.05) is 38.6 Å². The van der Waals surface area contributed by atoms with Crippen LogP contribution in [0, 0.1) is 0 Å². The van der Waals surface area contributed by atoms with Crippen LogP contribution in [0.25, 0.3) is 0 Å². The number of nitrogens with one attached hydrogen (secondary N) is 1. The Hall–Kier alpha value is -3.02. The van der Waals surface area contributed by atoms with Gasteiger partial charge in [-0.1, -0.05) is 30.3 Å². The van der Waals surface area contributed by atoms with Gasteiger partial charge in [-0.2, -0.15) is 0 Å². The Kier molecular flexibility index (Phi) is 5.87. The quantitative estimate of drug-likeness (QED) is 0.883. The summed E-state index contributed by atoms with van der Waals surface area (Å²) in [6.07, 6.45) is 0. The molecule has 2 aromatic carbocycles. The molecule has 1 aliphatic heterocycles. The fraction of sp³-hybridized carbons (Fsp3) is 0.364. The van der Waals surface area contributed by atoms with Gasteiger partial charge in [-0.15, -0.1) is 0 Å². The molecule has 3 amide bonds. The first-order valence-corrected chi connectivity index (χ1v) is 9.46. The molecule has 148 valence electrons. The molecule has 6 heteroatoms. The van der Waals surface area contributed by atoms with Crippen LogP contribution in [0.3, 0.4) is 0 Å². The summed E-state index contributed by atoms with van der Waals surface area (Å²) in [5.74, 6) is 0.833. The molecule has 0 unspecified atom stereocenters. The Morgan fingerprint density at radius 2 is 1.46 bits per heavy atom. The summed E-state index contributed by atoms with van der Waals surface area (Å²) in [7, 11) is 1.60. The lowest BCUT2D eigenvalue weighted by molar-refractivity contribution is -0.137. The number of rotatable bonds is 4. The lowest BCUT2D eigenvalue weighted by atomic mass is 9.83. The highest BCUT2D eigenvalue weighted by Crippen LogP contribution is 2.26. The third-order valence-corrected chi connectivity index (χ3v) is 5.23. The van der Waals surface area contributed by atoms with Crippen LogP contribution in [0.4, 0.5) is 10.5 Å². The van der Waals surface area contributed by atoms with Gasteiger partial charge in [-0.3, -0.25) is 4.79 Å². The van der Waals surface area contributed by atoms with Crippen molar-refractivity contribution in [2.24, 2.45) is 0 Å². The number of benzene rings is 2. The summed E-state index contributed by atoms with van der Waals surface area (Å²) < 4.78 is 5.12. The van der Waals surface area contributed by atoms with E-state index in [0.29, 0.717) is 26.2 Å². The topological polar surface area (TPSA) is 61.9 Å². The molecule has 0 radical (unpaired) electrons. The number of urea groups is 1. The van der Waals surface area contributed by atoms with E-state index in [1.807, 2.05) is 49.1 Å². The fourth-order valence-electron chi connectivity index (χ4n) is 3.36. The number of amides is 3. The van der Waals surface area contributed by atoms with Crippen LogP contribution in [-0.2, 0) is 10.2 Å². The van der Waals surface area contributed by atoms with E-state index < -0.39 is 5.41 Å². The van der Waals surface area contributed by atoms with Gasteiger partial charge >= 0.3 is 6.03 Å². The Morgan fingerprint density at radius 1 is 0.893 bits per heavy atom. The van der Waals surface area contributed by atoms with Crippen LogP contribution in [-0.4, -0.2) is 55.0 Å². The van der Waals surface area contributed by atoms with Gasteiger partial charge < -0.3 is 19.9 Å². The number of carbonyl (C=O) groups is 2. The highest BCUT2D eigenvalue weighted by Gasteiger charge is 2.35. The Morgan fingerprint density at radius 3 is 2.04 bits per heavy atom. The molecular formula is C22H27N3O3. The number of piperazine rings is 1. The average molecular weight is 381 g/mol. The van der Waals surface area contributed by atoms with Crippen molar-refractivity contribution in [3.8, 4) is 5.75 Å². The van der Waals surface area contributed by atoms with Crippen molar-refractivity contribution in [2.45, 2.75) is 19.3 Å². The van der Waals surface area contributed by atoms with Gasteiger partial charge in [0.2, 0.25) is 5.91 Å². The molecule has 6 nitrogen and oxygen atoms in total. The van der Waals surface area contributed by atoms with Crippen molar-refractivity contribution in [3.05, 3.63) is 60.2 Å². The van der Waals surface area contributed by atoms with Crippen LogP contribution in [0.1, 0.15) is 19.4 Å². The van der Waals surface area contributed by atoms with Crippen molar-refractivity contribution in [3.63, 3.8) is 0 Å². The van der Waals surface area contributed by atoms with Crippen LogP contribution in [0.5, 0.6) is 5.75 Å². The molecule has 28 heavy (non-hydrogen) atoms. The maximum atomic E-state index is 13.0. The van der Waals surface area contributed by atoms with Crippen molar-refractivity contribution >= 4 is 17.6 Å². The Balaban J connectivity index is 1.56. The molecule has 1 saturated heterocycles. The molecule has 1 fully saturated rings. The van der Waals surface area contributed by atoms with E-state index >= 15 is 0 Å². The lowest BCUT2D eigenvalue weighted by Crippen LogP contribution is -2.55. The standard InChI is InChI=1S/C22H27N3O3/c1-22(2,17-7-5-4-6-8-17)20(26)24-13-15-25(16-14-24)21(27)23-18-9-11-19(28-3)12-10-18/h4-12H,13-16H2,1-3H3,(H,23,27). The maximum absolute atomic E-state index is 13.0. The minimum atomic E-state index is -0.589. The molecule has 1 N–H and O–H groups in total. The van der Waals surface area contributed by atoms with E-state index in [1.54, 1.807) is 36.3 Å². The minimum Gasteiger partial charge on any atom is -0.497 e. The second-order valence-electron chi connectivity index (χ2n) is 7.43. The van der Waals surface area contributed by atoms with Crippen LogP contribution in [0.15, 0.2) is 54.6 Å². The average Bonchev–Trinajstić information content (AvgIpc) is 2.74. The zero-order valence-corrected chi connectivity index (χ0v) is 16.6. The van der Waals surface area contributed by atoms with Gasteiger partial charge in [0, 0.05) is 31.9 Å². The molecular weight excluding hydrogens is 354 g/mol. The van der Waals surface area contributed by atoms with E-state index in [9.17, 15) is 9.59 Å². The van der Waals surface area contributed by atoms with Crippen LogP contribution < -0.4 is 10.1 Å². The van der Waals surface area contributed by atoms with Gasteiger partial charge in [0.1, 0.15) is 5.75 Å². The van der Waals surface area contributed by atoms with E-state index in [4.69, 9.17) is 4.74 Å². The summed E-state index contributed by atoms with van der Waals surface area (Å²) in [6, 6.07) is 16.9. The van der Waals surface area contributed by atoms with Gasteiger partial charge in [0.25, 0.3) is 0 Å². The van der Waals surface area contributed by atoms with Crippen LogP contribution >= 0.6 is 0 Å². The first-order valence-electron chi connectivity index (χ1n) is 9.46. The Bertz CT molecular complexity index is 811. The number of ether oxygens (including phenoxy) is 1. The van der Waals surface area contributed by atoms with Gasteiger partial charge in [-0.25, -0.2) is 4.79 Å². The molecule has 0 bridgehead atoms. The SMILES string of the molecule is COc1ccc(NC(=O)N2CCN(C(=O)C(C)(C)c3ccccc3)CC2)cc1. The minimum absolute atomic E-state index is 0.0916. The highest BCUT2D eigenvalue weighted by atomic mass is 16.5. The first-order chi connectivity index (χ1) is 13.4.